The second kappa shape index (κ2) is 18.1. The van der Waals surface area contributed by atoms with Crippen LogP contribution in [0.5, 0.6) is 0 Å². The summed E-state index contributed by atoms with van der Waals surface area (Å²) in [6.07, 6.45) is 0. The number of aromatic nitrogens is 2. The van der Waals surface area contributed by atoms with Crippen LogP contribution in [0.4, 0.5) is 0 Å². The summed E-state index contributed by atoms with van der Waals surface area (Å²) in [6, 6.07) is 107. The summed E-state index contributed by atoms with van der Waals surface area (Å²) in [6.45, 7) is 0. The summed E-state index contributed by atoms with van der Waals surface area (Å²) >= 11 is 0. The Bertz CT molecular complexity index is 4260. The highest BCUT2D eigenvalue weighted by Gasteiger charge is 2.22. The second-order valence-electron chi connectivity index (χ2n) is 19.2. The maximum absolute atomic E-state index is 2.46. The van der Waals surface area contributed by atoms with Crippen molar-refractivity contribution in [2.75, 3.05) is 0 Å². The minimum atomic E-state index is 1.11. The van der Waals surface area contributed by atoms with E-state index in [1.54, 1.807) is 0 Å². The lowest BCUT2D eigenvalue weighted by molar-refractivity contribution is 1.17. The molecule has 0 amide bonds. The van der Waals surface area contributed by atoms with E-state index in [4.69, 9.17) is 0 Å². The van der Waals surface area contributed by atoms with Crippen LogP contribution >= 0.6 is 0 Å². The van der Waals surface area contributed by atoms with Gasteiger partial charge in [-0.2, -0.15) is 0 Å². The van der Waals surface area contributed by atoms with E-state index in [2.05, 4.69) is 300 Å². The fourth-order valence-corrected chi connectivity index (χ4v) is 11.6. The predicted molar refractivity (Wildman–Crippen MR) is 313 cm³/mol. The third kappa shape index (κ3) is 7.35. The molecule has 2 aromatic heterocycles. The number of nitrogens with zero attached hydrogens (tertiary/aromatic N) is 2. The van der Waals surface area contributed by atoms with E-state index in [1.165, 1.54) is 110 Å². The smallest absolute Gasteiger partial charge is 0.0542 e. The van der Waals surface area contributed by atoms with Gasteiger partial charge in [0.2, 0.25) is 0 Å². The summed E-state index contributed by atoms with van der Waals surface area (Å²) in [4.78, 5) is 0. The number of hydrogen-bond donors (Lipinski definition) is 0. The Hall–Kier alpha value is -9.76. The Morgan fingerprint density at radius 1 is 0.176 bits per heavy atom. The summed E-state index contributed by atoms with van der Waals surface area (Å²) < 4.78 is 4.91. The van der Waals surface area contributed by atoms with Crippen LogP contribution in [0.1, 0.15) is 0 Å². The number of para-hydroxylation sites is 2. The second-order valence-corrected chi connectivity index (χ2v) is 19.2. The normalized spacial score (nSPS) is 11.5. The molecular formula is C72H48N2. The van der Waals surface area contributed by atoms with E-state index >= 15 is 0 Å². The molecule has 0 bridgehead atoms. The van der Waals surface area contributed by atoms with Crippen molar-refractivity contribution in [3.63, 3.8) is 0 Å². The maximum atomic E-state index is 2.46. The summed E-state index contributed by atoms with van der Waals surface area (Å²) in [5.41, 5.74) is 23.7. The molecule has 14 rings (SSSR count). The molecule has 0 aliphatic carbocycles. The van der Waals surface area contributed by atoms with Crippen molar-refractivity contribution in [2.24, 2.45) is 0 Å². The molecule has 0 saturated carbocycles. The predicted octanol–water partition coefficient (Wildman–Crippen LogP) is 19.5. The summed E-state index contributed by atoms with van der Waals surface area (Å²) in [7, 11) is 0. The van der Waals surface area contributed by atoms with Gasteiger partial charge < -0.3 is 9.13 Å². The van der Waals surface area contributed by atoms with Gasteiger partial charge in [-0.15, -0.1) is 0 Å². The Labute approximate surface area is 431 Å². The quantitative estimate of drug-likeness (QED) is 0.136. The summed E-state index contributed by atoms with van der Waals surface area (Å²) in [5.74, 6) is 0. The van der Waals surface area contributed by atoms with Crippen molar-refractivity contribution < 1.29 is 0 Å². The SMILES string of the molecule is c1ccc(-c2cc(-c3ccccc3)c(-c3cccc(-n4c5ccccc5c5cc(-n6c7ccccc7c7cc(-c8c(-c9ccccc9)cccc8-c8ccccc8)ccc76)ccc54)c3)c(-c3ccccc3)c2)cc1. The van der Waals surface area contributed by atoms with Crippen molar-refractivity contribution in [1.82, 2.24) is 9.13 Å². The molecule has 2 heterocycles. The maximum Gasteiger partial charge on any atom is 0.0542 e. The lowest BCUT2D eigenvalue weighted by atomic mass is 9.84. The van der Waals surface area contributed by atoms with Gasteiger partial charge in [0.15, 0.2) is 0 Å². The molecule has 0 aliphatic heterocycles. The van der Waals surface area contributed by atoms with Crippen LogP contribution in [0.15, 0.2) is 291 Å². The van der Waals surface area contributed by atoms with Crippen LogP contribution in [0.2, 0.25) is 0 Å². The zero-order valence-corrected chi connectivity index (χ0v) is 40.6. The Balaban J connectivity index is 0.941. The molecule has 0 aliphatic rings. The van der Waals surface area contributed by atoms with E-state index in [0.717, 1.165) is 22.5 Å². The van der Waals surface area contributed by atoms with Crippen molar-refractivity contribution in [2.45, 2.75) is 0 Å². The standard InChI is InChI=1S/C72H48N2/c1-6-22-49(23-7-1)56-46-63(52-28-12-4-13-29-52)72(64(47-56)53-30-14-5-15-31-53)54-32-20-33-57(44-54)73-68-39-19-17-35-62(68)66-48-58(41-43-70(66)73)74-67-38-18-16-34-61(67)65-45-55(40-42-69(65)74)71-59(50-24-8-2-9-25-50)36-21-37-60(71)51-26-10-3-11-27-51/h1-48H. The lowest BCUT2D eigenvalue weighted by Gasteiger charge is -2.20. The third-order valence-corrected chi connectivity index (χ3v) is 14.9. The van der Waals surface area contributed by atoms with Crippen LogP contribution in [0.3, 0.4) is 0 Å². The van der Waals surface area contributed by atoms with Gasteiger partial charge in [0, 0.05) is 32.9 Å². The molecule has 346 valence electrons. The zero-order valence-electron chi connectivity index (χ0n) is 40.6. The topological polar surface area (TPSA) is 9.86 Å². The van der Waals surface area contributed by atoms with E-state index < -0.39 is 0 Å². The molecule has 0 spiro atoms. The van der Waals surface area contributed by atoms with Gasteiger partial charge in [-0.25, -0.2) is 0 Å². The van der Waals surface area contributed by atoms with E-state index in [9.17, 15) is 0 Å². The molecule has 2 heteroatoms. The van der Waals surface area contributed by atoms with Gasteiger partial charge in [0.1, 0.15) is 0 Å². The first-order chi connectivity index (χ1) is 36.7. The highest BCUT2D eigenvalue weighted by Crippen LogP contribution is 2.46. The van der Waals surface area contributed by atoms with Crippen LogP contribution in [-0.4, -0.2) is 9.13 Å². The minimum absolute atomic E-state index is 1.11. The molecule has 0 atom stereocenters. The molecule has 0 N–H and O–H groups in total. The molecule has 0 radical (unpaired) electrons. The van der Waals surface area contributed by atoms with Crippen molar-refractivity contribution >= 4 is 43.6 Å². The highest BCUT2D eigenvalue weighted by molar-refractivity contribution is 6.14. The van der Waals surface area contributed by atoms with Gasteiger partial charge in [-0.05, 0) is 145 Å². The van der Waals surface area contributed by atoms with Crippen LogP contribution < -0.4 is 0 Å². The average molecular weight is 941 g/mol. The van der Waals surface area contributed by atoms with Gasteiger partial charge >= 0.3 is 0 Å². The van der Waals surface area contributed by atoms with Crippen LogP contribution in [0, 0.1) is 0 Å². The fraction of sp³-hybridized carbons (Fsp3) is 0. The largest absolute Gasteiger partial charge is 0.309 e. The van der Waals surface area contributed by atoms with Gasteiger partial charge in [0.05, 0.1) is 22.1 Å². The summed E-state index contributed by atoms with van der Waals surface area (Å²) in [5, 5.41) is 4.87. The Morgan fingerprint density at radius 3 is 1.07 bits per heavy atom. The van der Waals surface area contributed by atoms with Crippen molar-refractivity contribution in [3.8, 4) is 89.3 Å². The first-order valence-electron chi connectivity index (χ1n) is 25.5. The first kappa shape index (κ1) is 43.1. The van der Waals surface area contributed by atoms with Gasteiger partial charge in [0.25, 0.3) is 0 Å². The Kier molecular flexibility index (Phi) is 10.6. The monoisotopic (exact) mass is 940 g/mol. The van der Waals surface area contributed by atoms with Crippen molar-refractivity contribution in [1.29, 1.82) is 0 Å². The number of hydrogen-bond acceptors (Lipinski definition) is 0. The average Bonchev–Trinajstić information content (AvgIpc) is 4.01. The third-order valence-electron chi connectivity index (χ3n) is 14.9. The molecule has 74 heavy (non-hydrogen) atoms. The number of benzene rings is 12. The first-order valence-corrected chi connectivity index (χ1v) is 25.5. The van der Waals surface area contributed by atoms with Crippen LogP contribution in [-0.2, 0) is 0 Å². The molecule has 0 fully saturated rings. The van der Waals surface area contributed by atoms with Gasteiger partial charge in [-0.1, -0.05) is 224 Å². The van der Waals surface area contributed by atoms with Crippen LogP contribution in [0.25, 0.3) is 133 Å². The lowest BCUT2D eigenvalue weighted by Crippen LogP contribution is -1.97. The zero-order chi connectivity index (χ0) is 49.0. The Morgan fingerprint density at radius 2 is 0.541 bits per heavy atom. The van der Waals surface area contributed by atoms with E-state index in [0.29, 0.717) is 0 Å². The van der Waals surface area contributed by atoms with Gasteiger partial charge in [-0.3, -0.25) is 0 Å². The van der Waals surface area contributed by atoms with E-state index in [1.807, 2.05) is 0 Å². The molecule has 0 saturated heterocycles. The van der Waals surface area contributed by atoms with Crippen molar-refractivity contribution in [3.05, 3.63) is 291 Å². The molecule has 2 nitrogen and oxygen atoms in total. The number of fused-ring (bicyclic) bond motifs is 6. The molecular weight excluding hydrogens is 893 g/mol. The van der Waals surface area contributed by atoms with E-state index in [-0.39, 0.29) is 0 Å². The molecule has 0 unspecified atom stereocenters. The molecule has 12 aromatic carbocycles. The minimum Gasteiger partial charge on any atom is -0.309 e. The molecule has 14 aromatic rings. The number of rotatable bonds is 9. The highest BCUT2D eigenvalue weighted by atomic mass is 15.0. The fourth-order valence-electron chi connectivity index (χ4n) is 11.6.